The molecule has 68 heavy (non-hydrogen) atoms. The fourth-order valence-electron chi connectivity index (χ4n) is 10.7. The number of allylic oxidation sites excluding steroid dienone is 6. The zero-order valence-electron chi connectivity index (χ0n) is 42.5. The van der Waals surface area contributed by atoms with Crippen LogP contribution in [-0.4, -0.2) is 151 Å². The van der Waals surface area contributed by atoms with E-state index in [1.165, 1.54) is 12.0 Å². The van der Waals surface area contributed by atoms with Crippen LogP contribution in [0.1, 0.15) is 126 Å². The van der Waals surface area contributed by atoms with Crippen molar-refractivity contribution in [2.24, 2.45) is 35.5 Å². The summed E-state index contributed by atoms with van der Waals surface area (Å²) in [4.78, 5) is 58.4. The summed E-state index contributed by atoms with van der Waals surface area (Å²) < 4.78 is 35.7. The predicted molar refractivity (Wildman–Crippen MR) is 257 cm³/mol. The number of carbonyl (C=O) groups is 4. The first-order chi connectivity index (χ1) is 32.3. The van der Waals surface area contributed by atoms with E-state index in [4.69, 9.17) is 28.4 Å². The lowest BCUT2D eigenvalue weighted by molar-refractivity contribution is -0.265. The zero-order valence-corrected chi connectivity index (χ0v) is 42.5. The Morgan fingerprint density at radius 1 is 0.853 bits per heavy atom. The number of amides is 1. The summed E-state index contributed by atoms with van der Waals surface area (Å²) in [6.07, 6.45) is 11.7. The number of aliphatic hydroxyl groups is 4. The number of aliphatic hydroxyl groups excluding tert-OH is 3. The van der Waals surface area contributed by atoms with Crippen LogP contribution in [0.15, 0.2) is 47.6 Å². The van der Waals surface area contributed by atoms with Gasteiger partial charge in [0.2, 0.25) is 5.79 Å². The smallest absolute Gasteiger partial charge is 0.329 e. The number of hydrogen-bond acceptors (Lipinski definition) is 14. The molecule has 1 unspecified atom stereocenters. The average Bonchev–Trinajstić information content (AvgIpc) is 3.32. The number of ether oxygens (including phenoxy) is 6. The van der Waals surface area contributed by atoms with Crippen LogP contribution in [0.3, 0.4) is 0 Å². The third-order valence-corrected chi connectivity index (χ3v) is 15.1. The van der Waals surface area contributed by atoms with Gasteiger partial charge in [0.05, 0.1) is 43.7 Å². The topological polar surface area (TPSA) is 208 Å². The summed E-state index contributed by atoms with van der Waals surface area (Å²) in [5, 5.41) is 44.3. The van der Waals surface area contributed by atoms with E-state index < -0.39 is 77.9 Å². The number of Topliss-reactive ketones (excluding diaryl/α,β-unsaturated/α-hetero) is 2. The minimum absolute atomic E-state index is 0.0766. The molecule has 3 aliphatic heterocycles. The van der Waals surface area contributed by atoms with Crippen LogP contribution in [0.25, 0.3) is 0 Å². The molecule has 1 amide bonds. The molecule has 4 N–H and O–H groups in total. The SMILES string of the molecule is CO[C@H]1C[C@@H]2CC[C@@H](C)[C@@](O)(O2)C(=O)C(=O)N2CCCC[C@H]2C(=O)O[C@H]([C@H](C)C[C@H]2CC[C@@H](OCCO)[C@H](OC)C2)CC(=O)[C@H](C)/C=C(\C)[C@@H](O)[C@@H](OC)C(O)[C@H](C)C[C@H](C)/C=C/C=C/C=C/1C. The molecule has 2 bridgehead atoms. The van der Waals surface area contributed by atoms with E-state index in [2.05, 4.69) is 0 Å². The fourth-order valence-corrected chi connectivity index (χ4v) is 10.7. The van der Waals surface area contributed by atoms with Crippen molar-refractivity contribution in [3.8, 4) is 0 Å². The molecule has 3 heterocycles. The highest BCUT2D eigenvalue weighted by molar-refractivity contribution is 6.39. The normalized spacial score (nSPS) is 40.2. The van der Waals surface area contributed by atoms with Crippen LogP contribution in [0.2, 0.25) is 0 Å². The van der Waals surface area contributed by atoms with Crippen molar-refractivity contribution in [3.05, 3.63) is 47.6 Å². The molecule has 2 saturated heterocycles. The van der Waals surface area contributed by atoms with Gasteiger partial charge in [-0.3, -0.25) is 14.4 Å². The molecule has 0 aromatic rings. The molecule has 16 atom stereocenters. The second kappa shape index (κ2) is 27.5. The maximum absolute atomic E-state index is 14.5. The Morgan fingerprint density at radius 2 is 1.59 bits per heavy atom. The van der Waals surface area contributed by atoms with Gasteiger partial charge < -0.3 is 53.7 Å². The molecule has 1 saturated carbocycles. The largest absolute Gasteiger partial charge is 0.460 e. The monoisotopic (exact) mass is 960 g/mol. The summed E-state index contributed by atoms with van der Waals surface area (Å²) >= 11 is 0. The van der Waals surface area contributed by atoms with E-state index in [1.807, 2.05) is 58.1 Å². The molecule has 1 aliphatic carbocycles. The van der Waals surface area contributed by atoms with E-state index in [-0.39, 0.29) is 74.3 Å². The molecule has 0 spiro atoms. The predicted octanol–water partition coefficient (Wildman–Crippen LogP) is 5.99. The highest BCUT2D eigenvalue weighted by Crippen LogP contribution is 2.38. The van der Waals surface area contributed by atoms with Gasteiger partial charge in [-0.1, -0.05) is 71.1 Å². The van der Waals surface area contributed by atoms with Crippen LogP contribution in [0.4, 0.5) is 0 Å². The van der Waals surface area contributed by atoms with Crippen molar-refractivity contribution >= 4 is 23.4 Å². The maximum atomic E-state index is 14.5. The number of rotatable bonds is 9. The molecule has 0 aromatic carbocycles. The molecule has 15 nitrogen and oxygen atoms in total. The molecular formula is C53H85NO14. The number of ketones is 2. The summed E-state index contributed by atoms with van der Waals surface area (Å²) in [6.45, 7) is 13.1. The molecule has 3 fully saturated rings. The fraction of sp³-hybridized carbons (Fsp3) is 0.774. The number of cyclic esters (lactones) is 1. The van der Waals surface area contributed by atoms with Crippen molar-refractivity contribution in [1.29, 1.82) is 0 Å². The second-order valence-electron chi connectivity index (χ2n) is 20.4. The minimum Gasteiger partial charge on any atom is -0.460 e. The molecule has 0 aromatic heterocycles. The van der Waals surface area contributed by atoms with Crippen LogP contribution >= 0.6 is 0 Å². The van der Waals surface area contributed by atoms with E-state index in [9.17, 15) is 39.6 Å². The quantitative estimate of drug-likeness (QED) is 0.119. The number of methoxy groups -OCH3 is 3. The van der Waals surface area contributed by atoms with Gasteiger partial charge in [0.1, 0.15) is 30.1 Å². The van der Waals surface area contributed by atoms with Crippen molar-refractivity contribution in [2.75, 3.05) is 41.1 Å². The Labute approximate surface area is 405 Å². The van der Waals surface area contributed by atoms with Gasteiger partial charge in [-0.2, -0.15) is 0 Å². The first kappa shape index (κ1) is 57.5. The lowest BCUT2D eigenvalue weighted by Crippen LogP contribution is -2.61. The van der Waals surface area contributed by atoms with Crippen molar-refractivity contribution in [1.82, 2.24) is 4.90 Å². The van der Waals surface area contributed by atoms with Gasteiger partial charge in [-0.15, -0.1) is 0 Å². The standard InChI is InChI=1S/C53H85NO14/c1-32-16-12-11-13-17-33(2)44(63-8)30-40-21-19-38(7)53(62,68-40)50(59)51(60)54-23-15-14-18-41(54)52(61)67-45(35(4)28-39-20-22-43(66-25-24-55)46(29-39)64-9)31-42(56)34(3)27-37(6)48(58)49(65-10)47(57)36(5)26-32/h11-13,16-17,27,32,34-36,38-41,43-49,55,57-58,62H,14-15,18-26,28-31H2,1-10H3/b13-11+,16-12+,33-17+,37-27+/t32-,34-,35-,36-,38-,39-,40+,41+,43-,44+,45+,46-,47?,48-,49+,53-/m1/s1. The summed E-state index contributed by atoms with van der Waals surface area (Å²) in [6, 6.07) is -1.14. The number of carbonyl (C=O) groups excluding carboxylic acids is 4. The summed E-state index contributed by atoms with van der Waals surface area (Å²) in [5.41, 5.74) is 1.34. The first-order valence-corrected chi connectivity index (χ1v) is 25.1. The zero-order chi connectivity index (χ0) is 50.3. The van der Waals surface area contributed by atoms with Crippen molar-refractivity contribution in [2.45, 2.75) is 186 Å². The van der Waals surface area contributed by atoms with Crippen LogP contribution in [-0.2, 0) is 47.6 Å². The molecular weight excluding hydrogens is 875 g/mol. The van der Waals surface area contributed by atoms with Crippen LogP contribution in [0, 0.1) is 35.5 Å². The van der Waals surface area contributed by atoms with Gasteiger partial charge in [0, 0.05) is 52.6 Å². The van der Waals surface area contributed by atoms with Crippen molar-refractivity contribution in [3.63, 3.8) is 0 Å². The lowest BCUT2D eigenvalue weighted by Gasteiger charge is -2.42. The highest BCUT2D eigenvalue weighted by Gasteiger charge is 2.53. The maximum Gasteiger partial charge on any atom is 0.329 e. The lowest BCUT2D eigenvalue weighted by atomic mass is 9.78. The Morgan fingerprint density at radius 3 is 2.26 bits per heavy atom. The van der Waals surface area contributed by atoms with Gasteiger partial charge in [-0.05, 0) is 113 Å². The second-order valence-corrected chi connectivity index (χ2v) is 20.4. The van der Waals surface area contributed by atoms with E-state index in [0.717, 1.165) is 12.0 Å². The molecule has 4 aliphatic rings. The van der Waals surface area contributed by atoms with Crippen LogP contribution < -0.4 is 0 Å². The van der Waals surface area contributed by atoms with Gasteiger partial charge in [0.15, 0.2) is 0 Å². The van der Waals surface area contributed by atoms with E-state index in [1.54, 1.807) is 41.1 Å². The van der Waals surface area contributed by atoms with Crippen LogP contribution in [0.5, 0.6) is 0 Å². The molecule has 0 radical (unpaired) electrons. The third-order valence-electron chi connectivity index (χ3n) is 15.1. The summed E-state index contributed by atoms with van der Waals surface area (Å²) in [7, 11) is 4.66. The Hall–Kier alpha value is -3.12. The summed E-state index contributed by atoms with van der Waals surface area (Å²) in [5.74, 6) is -7.35. The first-order valence-electron chi connectivity index (χ1n) is 25.1. The molecule has 386 valence electrons. The minimum atomic E-state index is -2.43. The van der Waals surface area contributed by atoms with Crippen molar-refractivity contribution < 1.29 is 68.0 Å². The third kappa shape index (κ3) is 15.4. The number of piperidine rings is 1. The number of esters is 1. The van der Waals surface area contributed by atoms with Gasteiger partial charge in [0.25, 0.3) is 11.7 Å². The number of hydrogen-bond donors (Lipinski definition) is 4. The van der Waals surface area contributed by atoms with Gasteiger partial charge in [-0.25, -0.2) is 4.79 Å². The number of nitrogens with zero attached hydrogens (tertiary/aromatic N) is 1. The van der Waals surface area contributed by atoms with E-state index >= 15 is 0 Å². The molecule has 15 heteroatoms. The van der Waals surface area contributed by atoms with E-state index in [0.29, 0.717) is 63.4 Å². The number of fused-ring (bicyclic) bond motifs is 3. The Kier molecular flexibility index (Phi) is 23.2. The average molecular weight is 960 g/mol. The Balaban J connectivity index is 1.69. The van der Waals surface area contributed by atoms with Gasteiger partial charge >= 0.3 is 5.97 Å². The molecule has 4 rings (SSSR count). The Bertz CT molecular complexity index is 1760. The highest BCUT2D eigenvalue weighted by atomic mass is 16.6.